The van der Waals surface area contributed by atoms with E-state index in [1.165, 1.54) is 33.5 Å². The van der Waals surface area contributed by atoms with Gasteiger partial charge in [0.05, 0.1) is 44.8 Å². The van der Waals surface area contributed by atoms with E-state index in [9.17, 15) is 9.59 Å². The normalized spacial score (nSPS) is 13.9. The maximum Gasteiger partial charge on any atom is 0.340 e. The van der Waals surface area contributed by atoms with Gasteiger partial charge in [-0.05, 0) is 25.9 Å². The van der Waals surface area contributed by atoms with Gasteiger partial charge in [0.1, 0.15) is 0 Å². The van der Waals surface area contributed by atoms with Crippen molar-refractivity contribution in [1.82, 2.24) is 20.3 Å². The number of benzene rings is 1. The second kappa shape index (κ2) is 10.1. The molecule has 3 rings (SSSR count). The van der Waals surface area contributed by atoms with Crippen LogP contribution in [0.2, 0.25) is 0 Å². The van der Waals surface area contributed by atoms with Crippen LogP contribution in [0.5, 0.6) is 11.5 Å². The van der Waals surface area contributed by atoms with Crippen LogP contribution in [-0.2, 0) is 4.74 Å². The first-order valence-corrected chi connectivity index (χ1v) is 8.85. The number of carbonyl (C=O) groups is 2. The Labute approximate surface area is 174 Å². The van der Waals surface area contributed by atoms with Crippen LogP contribution in [0.4, 0.5) is 5.69 Å². The summed E-state index contributed by atoms with van der Waals surface area (Å²) in [7, 11) is 4.18. The van der Waals surface area contributed by atoms with Crippen molar-refractivity contribution in [2.75, 3.05) is 39.7 Å². The maximum atomic E-state index is 12.7. The van der Waals surface area contributed by atoms with E-state index in [2.05, 4.69) is 20.9 Å². The predicted octanol–water partition coefficient (Wildman–Crippen LogP) is 1.68. The Morgan fingerprint density at radius 2 is 1.79 bits per heavy atom. The fourth-order valence-electron chi connectivity index (χ4n) is 3.08. The van der Waals surface area contributed by atoms with E-state index in [1.54, 1.807) is 10.9 Å². The molecule has 1 saturated heterocycles. The minimum atomic E-state index is -0.616. The van der Waals surface area contributed by atoms with Crippen molar-refractivity contribution in [3.8, 4) is 11.5 Å². The van der Waals surface area contributed by atoms with Gasteiger partial charge in [0.25, 0.3) is 5.91 Å². The molecule has 1 amide bonds. The van der Waals surface area contributed by atoms with E-state index in [1.807, 2.05) is 0 Å². The first kappa shape index (κ1) is 22.4. The van der Waals surface area contributed by atoms with Crippen LogP contribution in [-0.4, -0.2) is 61.3 Å². The highest BCUT2D eigenvalue weighted by atomic mass is 35.5. The third-order valence-electron chi connectivity index (χ3n) is 4.60. The second-order valence-electron chi connectivity index (χ2n) is 6.26. The topological polar surface area (TPSA) is 117 Å². The lowest BCUT2D eigenvalue weighted by Crippen LogP contribution is -2.29. The van der Waals surface area contributed by atoms with E-state index >= 15 is 0 Å². The molecule has 10 nitrogen and oxygen atoms in total. The van der Waals surface area contributed by atoms with Gasteiger partial charge in [-0.25, -0.2) is 9.48 Å². The van der Waals surface area contributed by atoms with Crippen LogP contribution in [0, 0.1) is 0 Å². The molecule has 2 N–H and O–H groups in total. The molecule has 1 aliphatic heterocycles. The number of aromatic nitrogens is 3. The van der Waals surface area contributed by atoms with Gasteiger partial charge in [-0.3, -0.25) is 4.79 Å². The molecule has 0 aliphatic carbocycles. The smallest absolute Gasteiger partial charge is 0.340 e. The van der Waals surface area contributed by atoms with E-state index in [4.69, 9.17) is 14.2 Å². The first-order chi connectivity index (χ1) is 13.6. The van der Waals surface area contributed by atoms with Crippen molar-refractivity contribution in [3.05, 3.63) is 29.6 Å². The second-order valence-corrected chi connectivity index (χ2v) is 6.26. The summed E-state index contributed by atoms with van der Waals surface area (Å²) in [6.07, 6.45) is 3.46. The molecule has 0 bridgehead atoms. The Hall–Kier alpha value is -2.85. The molecule has 158 valence electrons. The Kier molecular flexibility index (Phi) is 7.80. The Balaban J connectivity index is 0.00000300. The Morgan fingerprint density at radius 3 is 2.41 bits per heavy atom. The molecule has 0 saturated carbocycles. The van der Waals surface area contributed by atoms with E-state index in [0.29, 0.717) is 11.5 Å². The van der Waals surface area contributed by atoms with Crippen LogP contribution in [0.25, 0.3) is 0 Å². The van der Waals surface area contributed by atoms with Gasteiger partial charge in [-0.15, -0.1) is 17.5 Å². The van der Waals surface area contributed by atoms with Crippen molar-refractivity contribution in [1.29, 1.82) is 0 Å². The van der Waals surface area contributed by atoms with E-state index < -0.39 is 11.9 Å². The lowest BCUT2D eigenvalue weighted by atomic mass is 10.1. The monoisotopic (exact) mass is 425 g/mol. The molecule has 0 unspecified atom stereocenters. The van der Waals surface area contributed by atoms with Crippen LogP contribution in [0.15, 0.2) is 18.3 Å². The molecule has 2 aromatic rings. The van der Waals surface area contributed by atoms with Crippen molar-refractivity contribution in [2.24, 2.45) is 0 Å². The molecule has 1 aliphatic rings. The standard InChI is InChI=1S/C18H23N5O5.ClH/c1-26-15-8-12(18(25)28-3)13(9-16(15)27-2)20-17(24)14-10-23(22-21-14)11-4-6-19-7-5-11;/h8-11,19H,4-7H2,1-3H3,(H,20,24);1H. The number of piperidine rings is 1. The van der Waals surface area contributed by atoms with Gasteiger partial charge in [0.2, 0.25) is 0 Å². The summed E-state index contributed by atoms with van der Waals surface area (Å²) in [6.45, 7) is 1.81. The molecule has 1 aromatic carbocycles. The van der Waals surface area contributed by atoms with Crippen LogP contribution >= 0.6 is 12.4 Å². The van der Waals surface area contributed by atoms with Crippen LogP contribution < -0.4 is 20.1 Å². The van der Waals surface area contributed by atoms with Crippen LogP contribution in [0.3, 0.4) is 0 Å². The lowest BCUT2D eigenvalue weighted by molar-refractivity contribution is 0.0601. The first-order valence-electron chi connectivity index (χ1n) is 8.85. The summed E-state index contributed by atoms with van der Waals surface area (Å²) >= 11 is 0. The zero-order valence-corrected chi connectivity index (χ0v) is 17.2. The maximum absolute atomic E-state index is 12.7. The molecular formula is C18H24ClN5O5. The number of carbonyl (C=O) groups excluding carboxylic acids is 2. The highest BCUT2D eigenvalue weighted by Gasteiger charge is 2.22. The number of hydrogen-bond acceptors (Lipinski definition) is 8. The summed E-state index contributed by atoms with van der Waals surface area (Å²) < 4.78 is 17.0. The van der Waals surface area contributed by atoms with E-state index in [0.717, 1.165) is 25.9 Å². The lowest BCUT2D eigenvalue weighted by Gasteiger charge is -2.22. The summed E-state index contributed by atoms with van der Waals surface area (Å²) in [5, 5.41) is 14.0. The highest BCUT2D eigenvalue weighted by molar-refractivity contribution is 6.07. The molecule has 0 radical (unpaired) electrons. The van der Waals surface area contributed by atoms with Crippen molar-refractivity contribution in [3.63, 3.8) is 0 Å². The van der Waals surface area contributed by atoms with Crippen molar-refractivity contribution in [2.45, 2.75) is 18.9 Å². The molecule has 1 fully saturated rings. The third kappa shape index (κ3) is 4.96. The van der Waals surface area contributed by atoms with Crippen molar-refractivity contribution >= 4 is 30.0 Å². The van der Waals surface area contributed by atoms with Gasteiger partial charge in [0.15, 0.2) is 17.2 Å². The molecule has 29 heavy (non-hydrogen) atoms. The molecule has 11 heteroatoms. The van der Waals surface area contributed by atoms with Gasteiger partial charge in [0, 0.05) is 12.1 Å². The fourth-order valence-corrected chi connectivity index (χ4v) is 3.08. The largest absolute Gasteiger partial charge is 0.493 e. The number of anilines is 1. The number of nitrogens with one attached hydrogen (secondary N) is 2. The molecule has 0 atom stereocenters. The third-order valence-corrected chi connectivity index (χ3v) is 4.60. The molecule has 2 heterocycles. The molecular weight excluding hydrogens is 402 g/mol. The number of esters is 1. The number of rotatable bonds is 6. The highest BCUT2D eigenvalue weighted by Crippen LogP contribution is 2.34. The zero-order valence-electron chi connectivity index (χ0n) is 16.4. The quantitative estimate of drug-likeness (QED) is 0.671. The number of amides is 1. The number of hydrogen-bond donors (Lipinski definition) is 2. The minimum Gasteiger partial charge on any atom is -0.493 e. The minimum absolute atomic E-state index is 0. The summed E-state index contributed by atoms with van der Waals surface area (Å²) in [4.78, 5) is 24.8. The van der Waals surface area contributed by atoms with Gasteiger partial charge in [-0.2, -0.15) is 0 Å². The summed E-state index contributed by atoms with van der Waals surface area (Å²) in [6, 6.07) is 3.16. The molecule has 1 aromatic heterocycles. The number of nitrogens with zero attached hydrogens (tertiary/aromatic N) is 3. The summed E-state index contributed by atoms with van der Waals surface area (Å²) in [5.74, 6) is -0.395. The summed E-state index contributed by atoms with van der Waals surface area (Å²) in [5.41, 5.74) is 0.522. The fraction of sp³-hybridized carbons (Fsp3) is 0.444. The average Bonchev–Trinajstić information content (AvgIpc) is 3.24. The number of methoxy groups -OCH3 is 3. The predicted molar refractivity (Wildman–Crippen MR) is 107 cm³/mol. The Bertz CT molecular complexity index is 866. The Morgan fingerprint density at radius 1 is 1.14 bits per heavy atom. The van der Waals surface area contributed by atoms with Gasteiger partial charge < -0.3 is 24.8 Å². The number of ether oxygens (including phenoxy) is 3. The number of halogens is 1. The van der Waals surface area contributed by atoms with Crippen LogP contribution in [0.1, 0.15) is 39.7 Å². The molecule has 0 spiro atoms. The van der Waals surface area contributed by atoms with Gasteiger partial charge >= 0.3 is 5.97 Å². The van der Waals surface area contributed by atoms with Crippen molar-refractivity contribution < 1.29 is 23.8 Å². The van der Waals surface area contributed by atoms with Gasteiger partial charge in [-0.1, -0.05) is 5.21 Å². The van der Waals surface area contributed by atoms with E-state index in [-0.39, 0.29) is 35.4 Å². The zero-order chi connectivity index (χ0) is 20.1. The average molecular weight is 426 g/mol. The SMILES string of the molecule is COC(=O)c1cc(OC)c(OC)cc1NC(=O)c1cn(C2CCNCC2)nn1.Cl.